The average Bonchev–Trinajstić information content (AvgIpc) is 2.81. The number of aromatic nitrogens is 3. The molecule has 0 spiro atoms. The van der Waals surface area contributed by atoms with E-state index in [9.17, 15) is 23.2 Å². The third kappa shape index (κ3) is 4.23. The molecule has 1 unspecified atom stereocenters. The van der Waals surface area contributed by atoms with Crippen molar-refractivity contribution >= 4 is 5.91 Å². The Balaban J connectivity index is 1.58. The second kappa shape index (κ2) is 8.86. The van der Waals surface area contributed by atoms with Crippen LogP contribution in [0.4, 0.5) is 8.78 Å². The van der Waals surface area contributed by atoms with E-state index in [4.69, 9.17) is 0 Å². The minimum absolute atomic E-state index is 0.159. The number of carbonyl (C=O) groups is 1. The molecule has 3 aromatic rings. The Morgan fingerprint density at radius 2 is 1.88 bits per heavy atom. The average molecular weight is 440 g/mol. The van der Waals surface area contributed by atoms with Gasteiger partial charge >= 0.3 is 5.69 Å². The summed E-state index contributed by atoms with van der Waals surface area (Å²) in [5, 5.41) is 2.89. The molecule has 0 bridgehead atoms. The molecule has 32 heavy (non-hydrogen) atoms. The monoisotopic (exact) mass is 440 g/mol. The molecule has 1 aromatic carbocycles. The van der Waals surface area contributed by atoms with Gasteiger partial charge in [0.05, 0.1) is 6.54 Å². The van der Waals surface area contributed by atoms with Crippen LogP contribution in [0.3, 0.4) is 0 Å². The molecule has 1 aliphatic carbocycles. The maximum Gasteiger partial charge on any atom is 0.331 e. The number of rotatable bonds is 5. The molecule has 1 aliphatic rings. The van der Waals surface area contributed by atoms with Crippen molar-refractivity contribution in [2.24, 2.45) is 13.0 Å². The molecule has 4 rings (SSSR count). The van der Waals surface area contributed by atoms with Gasteiger partial charge in [-0.1, -0.05) is 6.07 Å². The first-order chi connectivity index (χ1) is 15.3. The molecule has 7 nitrogen and oxygen atoms in total. The lowest BCUT2D eigenvalue weighted by Crippen LogP contribution is -2.46. The topological polar surface area (TPSA) is 86.0 Å². The van der Waals surface area contributed by atoms with E-state index in [1.165, 1.54) is 10.6 Å². The van der Waals surface area contributed by atoms with E-state index in [0.717, 1.165) is 22.3 Å². The fourth-order valence-corrected chi connectivity index (χ4v) is 4.07. The SMILES string of the molecule is Cn1c2c(c(=O)n(Cc3ccc(F)c(F)c3)c1=O)CC(C(=O)NCc1ccncc1)CC2. The molecule has 2 aromatic heterocycles. The highest BCUT2D eigenvalue weighted by atomic mass is 19.2. The summed E-state index contributed by atoms with van der Waals surface area (Å²) in [4.78, 5) is 42.6. The molecule has 1 atom stereocenters. The lowest BCUT2D eigenvalue weighted by molar-refractivity contribution is -0.125. The van der Waals surface area contributed by atoms with Crippen molar-refractivity contribution in [1.29, 1.82) is 0 Å². The second-order valence-electron chi connectivity index (χ2n) is 7.92. The van der Waals surface area contributed by atoms with Crippen molar-refractivity contribution in [2.45, 2.75) is 32.4 Å². The molecular weight excluding hydrogens is 418 g/mol. The van der Waals surface area contributed by atoms with E-state index in [1.807, 2.05) is 12.1 Å². The molecule has 0 fully saturated rings. The number of fused-ring (bicyclic) bond motifs is 1. The van der Waals surface area contributed by atoms with Crippen molar-refractivity contribution in [3.63, 3.8) is 0 Å². The lowest BCUT2D eigenvalue weighted by Gasteiger charge is -2.26. The van der Waals surface area contributed by atoms with Crippen LogP contribution in [0.1, 0.15) is 28.8 Å². The fraction of sp³-hybridized carbons (Fsp3) is 0.304. The summed E-state index contributed by atoms with van der Waals surface area (Å²) in [5.41, 5.74) is 1.20. The Morgan fingerprint density at radius 3 is 2.59 bits per heavy atom. The van der Waals surface area contributed by atoms with E-state index in [0.29, 0.717) is 36.2 Å². The van der Waals surface area contributed by atoms with Gasteiger partial charge in [-0.15, -0.1) is 0 Å². The molecule has 0 aliphatic heterocycles. The molecule has 1 amide bonds. The molecular formula is C23H22F2N4O3. The van der Waals surface area contributed by atoms with Gasteiger partial charge in [0.15, 0.2) is 11.6 Å². The molecule has 166 valence electrons. The number of halogens is 2. The summed E-state index contributed by atoms with van der Waals surface area (Å²) in [5.74, 6) is -2.60. The van der Waals surface area contributed by atoms with Gasteiger partial charge in [-0.2, -0.15) is 0 Å². The van der Waals surface area contributed by atoms with Crippen LogP contribution in [-0.4, -0.2) is 20.0 Å². The number of hydrogen-bond donors (Lipinski definition) is 1. The molecule has 0 radical (unpaired) electrons. The Kier molecular flexibility index (Phi) is 5.98. The second-order valence-corrected chi connectivity index (χ2v) is 7.92. The van der Waals surface area contributed by atoms with E-state index in [-0.39, 0.29) is 18.9 Å². The summed E-state index contributed by atoms with van der Waals surface area (Å²) >= 11 is 0. The first-order valence-corrected chi connectivity index (χ1v) is 10.3. The van der Waals surface area contributed by atoms with E-state index >= 15 is 0 Å². The van der Waals surface area contributed by atoms with Crippen LogP contribution in [0.2, 0.25) is 0 Å². The minimum atomic E-state index is -1.05. The standard InChI is InChI=1S/C23H22F2N4O3/c1-28-20-5-3-16(21(30)27-12-14-6-8-26-9-7-14)11-17(20)22(31)29(23(28)32)13-15-2-4-18(24)19(25)10-15/h2,4,6-10,16H,3,5,11-13H2,1H3,(H,27,30). The highest BCUT2D eigenvalue weighted by Gasteiger charge is 2.29. The number of hydrogen-bond acceptors (Lipinski definition) is 4. The molecule has 2 heterocycles. The molecule has 9 heteroatoms. The third-order valence-corrected chi connectivity index (χ3v) is 5.87. The summed E-state index contributed by atoms with van der Waals surface area (Å²) < 4.78 is 29.2. The van der Waals surface area contributed by atoms with Crippen LogP contribution in [0.25, 0.3) is 0 Å². The molecule has 0 saturated carbocycles. The Bertz CT molecular complexity index is 1280. The fourth-order valence-electron chi connectivity index (χ4n) is 4.07. The van der Waals surface area contributed by atoms with Crippen molar-refractivity contribution < 1.29 is 13.6 Å². The van der Waals surface area contributed by atoms with Gasteiger partial charge in [0.2, 0.25) is 5.91 Å². The Hall–Kier alpha value is -3.62. The van der Waals surface area contributed by atoms with E-state index in [2.05, 4.69) is 10.3 Å². The van der Waals surface area contributed by atoms with E-state index in [1.54, 1.807) is 19.4 Å². The zero-order valence-corrected chi connectivity index (χ0v) is 17.5. The van der Waals surface area contributed by atoms with Gasteiger partial charge in [0, 0.05) is 43.2 Å². The third-order valence-electron chi connectivity index (χ3n) is 5.87. The van der Waals surface area contributed by atoms with Gasteiger partial charge in [-0.3, -0.25) is 19.1 Å². The van der Waals surface area contributed by atoms with Crippen molar-refractivity contribution in [3.05, 3.63) is 97.6 Å². The van der Waals surface area contributed by atoms with Crippen LogP contribution in [0.5, 0.6) is 0 Å². The van der Waals surface area contributed by atoms with Crippen LogP contribution >= 0.6 is 0 Å². The van der Waals surface area contributed by atoms with Crippen LogP contribution < -0.4 is 16.6 Å². The van der Waals surface area contributed by atoms with Gasteiger partial charge in [0.25, 0.3) is 5.56 Å². The number of pyridine rings is 1. The number of nitrogens with zero attached hydrogens (tertiary/aromatic N) is 3. The number of nitrogens with one attached hydrogen (secondary N) is 1. The van der Waals surface area contributed by atoms with Gasteiger partial charge in [0.1, 0.15) is 0 Å². The number of amides is 1. The van der Waals surface area contributed by atoms with Gasteiger partial charge < -0.3 is 9.88 Å². The summed E-state index contributed by atoms with van der Waals surface area (Å²) in [6, 6.07) is 6.88. The quantitative estimate of drug-likeness (QED) is 0.654. The van der Waals surface area contributed by atoms with Gasteiger partial charge in [-0.05, 0) is 54.7 Å². The molecule has 0 saturated heterocycles. The Morgan fingerprint density at radius 1 is 1.12 bits per heavy atom. The molecule has 1 N–H and O–H groups in total. The Labute approximate surface area is 182 Å². The smallest absolute Gasteiger partial charge is 0.331 e. The zero-order chi connectivity index (χ0) is 22.8. The predicted octanol–water partition coefficient (Wildman–Crippen LogP) is 1.69. The predicted molar refractivity (Wildman–Crippen MR) is 113 cm³/mol. The summed E-state index contributed by atoms with van der Waals surface area (Å²) in [6.45, 7) is 0.174. The largest absolute Gasteiger partial charge is 0.352 e. The number of carbonyl (C=O) groups excluding carboxylic acids is 1. The van der Waals surface area contributed by atoms with E-state index < -0.39 is 28.8 Å². The normalized spacial score (nSPS) is 15.3. The highest BCUT2D eigenvalue weighted by molar-refractivity contribution is 5.79. The summed E-state index contributed by atoms with van der Waals surface area (Å²) in [7, 11) is 1.58. The van der Waals surface area contributed by atoms with Gasteiger partial charge in [-0.25, -0.2) is 13.6 Å². The number of benzene rings is 1. The maximum absolute atomic E-state index is 13.6. The van der Waals surface area contributed by atoms with Crippen molar-refractivity contribution in [2.75, 3.05) is 0 Å². The zero-order valence-electron chi connectivity index (χ0n) is 17.5. The van der Waals surface area contributed by atoms with Crippen molar-refractivity contribution in [1.82, 2.24) is 19.4 Å². The lowest BCUT2D eigenvalue weighted by atomic mass is 9.86. The highest BCUT2D eigenvalue weighted by Crippen LogP contribution is 2.23. The first-order valence-electron chi connectivity index (χ1n) is 10.3. The van der Waals surface area contributed by atoms with Crippen LogP contribution in [0, 0.1) is 17.6 Å². The summed E-state index contributed by atoms with van der Waals surface area (Å²) in [6.07, 6.45) is 4.45. The van der Waals surface area contributed by atoms with Crippen LogP contribution in [0.15, 0.2) is 52.3 Å². The maximum atomic E-state index is 13.6. The van der Waals surface area contributed by atoms with Crippen molar-refractivity contribution in [3.8, 4) is 0 Å². The van der Waals surface area contributed by atoms with Crippen LogP contribution in [-0.2, 0) is 37.8 Å². The minimum Gasteiger partial charge on any atom is -0.352 e. The first kappa shape index (κ1) is 21.6.